The fraction of sp³-hybridized carbons (Fsp3) is 0.462. The van der Waals surface area contributed by atoms with E-state index in [1.165, 1.54) is 16.7 Å². The molecule has 1 spiro atoms. The monoisotopic (exact) mass is 201 g/mol. The molecule has 1 aromatic rings. The molecule has 1 aliphatic heterocycles. The van der Waals surface area contributed by atoms with Crippen LogP contribution in [0.3, 0.4) is 0 Å². The number of hydrogen-bond acceptors (Lipinski definition) is 2. The summed E-state index contributed by atoms with van der Waals surface area (Å²) < 4.78 is 0. The van der Waals surface area contributed by atoms with Gasteiger partial charge in [0, 0.05) is 12.0 Å². The Labute approximate surface area is 89.9 Å². The summed E-state index contributed by atoms with van der Waals surface area (Å²) in [5, 5.41) is 4.11. The van der Waals surface area contributed by atoms with Crippen LogP contribution in [0.15, 0.2) is 23.4 Å². The number of nitrogens with zero attached hydrogens (tertiary/aromatic N) is 1. The Morgan fingerprint density at radius 3 is 2.93 bits per heavy atom. The maximum atomic E-state index is 5.67. The van der Waals surface area contributed by atoms with Gasteiger partial charge in [0.2, 0.25) is 0 Å². The van der Waals surface area contributed by atoms with Crippen molar-refractivity contribution >= 4 is 5.71 Å². The number of hydrogen-bond donors (Lipinski definition) is 0. The van der Waals surface area contributed by atoms with E-state index in [9.17, 15) is 0 Å². The van der Waals surface area contributed by atoms with Crippen molar-refractivity contribution in [3.05, 3.63) is 34.9 Å². The Morgan fingerprint density at radius 1 is 1.33 bits per heavy atom. The van der Waals surface area contributed by atoms with Crippen molar-refractivity contribution in [2.75, 3.05) is 0 Å². The molecule has 0 N–H and O–H groups in total. The first kappa shape index (κ1) is 8.96. The predicted octanol–water partition coefficient (Wildman–Crippen LogP) is 2.93. The van der Waals surface area contributed by atoms with Gasteiger partial charge < -0.3 is 4.84 Å². The van der Waals surface area contributed by atoms with E-state index in [0.717, 1.165) is 25.0 Å². The largest absolute Gasteiger partial charge is 0.384 e. The molecule has 3 rings (SSSR count). The van der Waals surface area contributed by atoms with Crippen molar-refractivity contribution < 1.29 is 4.84 Å². The zero-order valence-corrected chi connectivity index (χ0v) is 9.21. The smallest absolute Gasteiger partial charge is 0.168 e. The Balaban J connectivity index is 2.06. The van der Waals surface area contributed by atoms with Gasteiger partial charge in [0.1, 0.15) is 0 Å². The molecule has 1 aliphatic carbocycles. The standard InChI is InChI=1S/C13H15NO/c1-9-3-4-12-11(7-9)5-6-13(12)8-10(2)14-15-13/h3-4,7H,5-6,8H2,1-2H3/t13-/m0/s1. The van der Waals surface area contributed by atoms with Gasteiger partial charge >= 0.3 is 0 Å². The fourth-order valence-corrected chi connectivity index (χ4v) is 2.77. The third-order valence-corrected chi connectivity index (χ3v) is 3.47. The van der Waals surface area contributed by atoms with Crippen molar-refractivity contribution in [3.8, 4) is 0 Å². The maximum absolute atomic E-state index is 5.67. The van der Waals surface area contributed by atoms with Gasteiger partial charge in [-0.05, 0) is 32.3 Å². The zero-order valence-electron chi connectivity index (χ0n) is 9.21. The van der Waals surface area contributed by atoms with Crippen molar-refractivity contribution in [3.63, 3.8) is 0 Å². The zero-order chi connectivity index (χ0) is 10.5. The minimum atomic E-state index is -0.118. The average Bonchev–Trinajstić information content (AvgIpc) is 2.73. The van der Waals surface area contributed by atoms with Crippen LogP contribution in [-0.2, 0) is 16.9 Å². The van der Waals surface area contributed by atoms with E-state index in [1.54, 1.807) is 0 Å². The van der Waals surface area contributed by atoms with Crippen molar-refractivity contribution in [1.29, 1.82) is 0 Å². The minimum Gasteiger partial charge on any atom is -0.384 e. The molecule has 0 fully saturated rings. The number of aryl methyl sites for hydroxylation is 2. The molecule has 2 aliphatic rings. The second kappa shape index (κ2) is 2.84. The molecule has 1 heterocycles. The predicted molar refractivity (Wildman–Crippen MR) is 60.0 cm³/mol. The Hall–Kier alpha value is -1.31. The van der Waals surface area contributed by atoms with Gasteiger partial charge in [-0.3, -0.25) is 0 Å². The fourth-order valence-electron chi connectivity index (χ4n) is 2.77. The molecule has 0 saturated carbocycles. The average molecular weight is 201 g/mol. The molecular weight excluding hydrogens is 186 g/mol. The summed E-state index contributed by atoms with van der Waals surface area (Å²) in [5.74, 6) is 0. The first-order valence-corrected chi connectivity index (χ1v) is 5.51. The van der Waals surface area contributed by atoms with Crippen molar-refractivity contribution in [1.82, 2.24) is 0 Å². The molecule has 15 heavy (non-hydrogen) atoms. The highest BCUT2D eigenvalue weighted by Gasteiger charge is 2.44. The first-order valence-electron chi connectivity index (χ1n) is 5.51. The Kier molecular flexibility index (Phi) is 1.70. The molecule has 1 aromatic carbocycles. The summed E-state index contributed by atoms with van der Waals surface area (Å²) in [6, 6.07) is 6.66. The van der Waals surface area contributed by atoms with Crippen LogP contribution in [-0.4, -0.2) is 5.71 Å². The lowest BCUT2D eigenvalue weighted by molar-refractivity contribution is -0.0215. The maximum Gasteiger partial charge on any atom is 0.168 e. The van der Waals surface area contributed by atoms with Crippen molar-refractivity contribution in [2.45, 2.75) is 38.7 Å². The Bertz CT molecular complexity index is 450. The topological polar surface area (TPSA) is 21.6 Å². The van der Waals surface area contributed by atoms with E-state index in [1.807, 2.05) is 6.92 Å². The molecule has 0 aromatic heterocycles. The Morgan fingerprint density at radius 2 is 2.20 bits per heavy atom. The van der Waals surface area contributed by atoms with Crippen LogP contribution < -0.4 is 0 Å². The quantitative estimate of drug-likeness (QED) is 0.632. The van der Waals surface area contributed by atoms with Gasteiger partial charge in [0.25, 0.3) is 0 Å². The van der Waals surface area contributed by atoms with E-state index in [0.29, 0.717) is 0 Å². The highest BCUT2D eigenvalue weighted by molar-refractivity contribution is 5.84. The summed E-state index contributed by atoms with van der Waals surface area (Å²) in [5.41, 5.74) is 5.13. The first-order chi connectivity index (χ1) is 7.20. The highest BCUT2D eigenvalue weighted by Crippen LogP contribution is 2.45. The molecule has 0 amide bonds. The van der Waals surface area contributed by atoms with Crippen LogP contribution >= 0.6 is 0 Å². The molecule has 78 valence electrons. The van der Waals surface area contributed by atoms with E-state index < -0.39 is 0 Å². The second-order valence-electron chi connectivity index (χ2n) is 4.75. The summed E-state index contributed by atoms with van der Waals surface area (Å²) in [7, 11) is 0. The third kappa shape index (κ3) is 1.21. The molecule has 0 saturated heterocycles. The SMILES string of the molecule is CC1=NO[C@@]2(CCc3cc(C)ccc32)C1. The van der Waals surface area contributed by atoms with Gasteiger partial charge in [-0.25, -0.2) is 0 Å². The van der Waals surface area contributed by atoms with E-state index >= 15 is 0 Å². The van der Waals surface area contributed by atoms with E-state index in [4.69, 9.17) is 4.84 Å². The summed E-state index contributed by atoms with van der Waals surface area (Å²) in [6.45, 7) is 4.18. The normalized spacial score (nSPS) is 27.7. The number of benzene rings is 1. The van der Waals surface area contributed by atoms with E-state index in [-0.39, 0.29) is 5.60 Å². The number of oxime groups is 1. The molecule has 1 atom stereocenters. The lowest BCUT2D eigenvalue weighted by Crippen LogP contribution is -2.22. The van der Waals surface area contributed by atoms with Crippen LogP contribution in [0.2, 0.25) is 0 Å². The number of rotatable bonds is 0. The lowest BCUT2D eigenvalue weighted by Gasteiger charge is -2.21. The molecule has 0 radical (unpaired) electrons. The van der Waals surface area contributed by atoms with Gasteiger partial charge in [-0.1, -0.05) is 28.9 Å². The third-order valence-electron chi connectivity index (χ3n) is 3.47. The molecule has 0 bridgehead atoms. The summed E-state index contributed by atoms with van der Waals surface area (Å²) in [4.78, 5) is 5.67. The summed E-state index contributed by atoms with van der Waals surface area (Å²) >= 11 is 0. The molecular formula is C13H15NO. The molecule has 2 heteroatoms. The van der Waals surface area contributed by atoms with Crippen LogP contribution in [0.25, 0.3) is 0 Å². The van der Waals surface area contributed by atoms with Gasteiger partial charge in [0.05, 0.1) is 5.71 Å². The highest BCUT2D eigenvalue weighted by atomic mass is 16.7. The molecule has 0 unspecified atom stereocenters. The van der Waals surface area contributed by atoms with Crippen LogP contribution in [0, 0.1) is 6.92 Å². The lowest BCUT2D eigenvalue weighted by atomic mass is 9.91. The summed E-state index contributed by atoms with van der Waals surface area (Å²) in [6.07, 6.45) is 3.16. The second-order valence-corrected chi connectivity index (χ2v) is 4.75. The van der Waals surface area contributed by atoms with Crippen LogP contribution in [0.4, 0.5) is 0 Å². The van der Waals surface area contributed by atoms with Gasteiger partial charge in [0.15, 0.2) is 5.60 Å². The van der Waals surface area contributed by atoms with Crippen molar-refractivity contribution in [2.24, 2.45) is 5.16 Å². The number of fused-ring (bicyclic) bond motifs is 2. The van der Waals surface area contributed by atoms with E-state index in [2.05, 4.69) is 30.3 Å². The van der Waals surface area contributed by atoms with Gasteiger partial charge in [-0.15, -0.1) is 0 Å². The van der Waals surface area contributed by atoms with Crippen LogP contribution in [0.1, 0.15) is 36.5 Å². The minimum absolute atomic E-state index is 0.118. The van der Waals surface area contributed by atoms with Crippen LogP contribution in [0.5, 0.6) is 0 Å². The molecule has 2 nitrogen and oxygen atoms in total. The van der Waals surface area contributed by atoms with Gasteiger partial charge in [-0.2, -0.15) is 0 Å².